The van der Waals surface area contributed by atoms with Crippen LogP contribution in [0, 0.1) is 0 Å². The number of pyridine rings is 1. The standard InChI is InChI=1S/C11H10ClN3O2S/c12-11-10(2-1-7-14-11)15-18(16,17)9-5-3-8(13)4-6-9/h1-7,15H,13H2. The summed E-state index contributed by atoms with van der Waals surface area (Å²) in [6.07, 6.45) is 1.48. The summed E-state index contributed by atoms with van der Waals surface area (Å²) >= 11 is 5.78. The van der Waals surface area contributed by atoms with Crippen LogP contribution in [0.1, 0.15) is 0 Å². The summed E-state index contributed by atoms with van der Waals surface area (Å²) in [5.74, 6) is 0. The van der Waals surface area contributed by atoms with Gasteiger partial charge in [0.2, 0.25) is 0 Å². The molecular formula is C11H10ClN3O2S. The Morgan fingerprint density at radius 1 is 1.17 bits per heavy atom. The average Bonchev–Trinajstić information content (AvgIpc) is 2.32. The van der Waals surface area contributed by atoms with Crippen LogP contribution in [0.4, 0.5) is 11.4 Å². The van der Waals surface area contributed by atoms with Gasteiger partial charge in [-0.05, 0) is 36.4 Å². The van der Waals surface area contributed by atoms with E-state index in [4.69, 9.17) is 17.3 Å². The van der Waals surface area contributed by atoms with Gasteiger partial charge < -0.3 is 5.73 Å². The number of rotatable bonds is 3. The van der Waals surface area contributed by atoms with Gasteiger partial charge in [0.15, 0.2) is 5.15 Å². The normalized spacial score (nSPS) is 11.2. The molecule has 3 N–H and O–H groups in total. The van der Waals surface area contributed by atoms with E-state index in [-0.39, 0.29) is 15.7 Å². The van der Waals surface area contributed by atoms with Crippen LogP contribution < -0.4 is 10.5 Å². The van der Waals surface area contributed by atoms with E-state index in [1.165, 1.54) is 36.5 Å². The number of nitrogen functional groups attached to an aromatic ring is 1. The Kier molecular flexibility index (Phi) is 3.40. The van der Waals surface area contributed by atoms with Crippen LogP contribution in [0.25, 0.3) is 0 Å². The van der Waals surface area contributed by atoms with Crippen LogP contribution in [-0.4, -0.2) is 13.4 Å². The number of nitrogens with one attached hydrogen (secondary N) is 1. The van der Waals surface area contributed by atoms with E-state index in [1.54, 1.807) is 6.07 Å². The fourth-order valence-electron chi connectivity index (χ4n) is 1.31. The van der Waals surface area contributed by atoms with Crippen LogP contribution >= 0.6 is 11.6 Å². The van der Waals surface area contributed by atoms with Crippen LogP contribution in [-0.2, 0) is 10.0 Å². The molecule has 0 radical (unpaired) electrons. The number of sulfonamides is 1. The lowest BCUT2D eigenvalue weighted by atomic mass is 10.3. The molecular weight excluding hydrogens is 274 g/mol. The van der Waals surface area contributed by atoms with Crippen molar-refractivity contribution in [2.45, 2.75) is 4.90 Å². The third kappa shape index (κ3) is 2.72. The highest BCUT2D eigenvalue weighted by Crippen LogP contribution is 2.22. The first-order valence-corrected chi connectivity index (χ1v) is 6.84. The van der Waals surface area contributed by atoms with Gasteiger partial charge in [0, 0.05) is 11.9 Å². The number of nitrogens with two attached hydrogens (primary N) is 1. The number of nitrogens with zero attached hydrogens (tertiary/aromatic N) is 1. The third-order valence-corrected chi connectivity index (χ3v) is 3.88. The van der Waals surface area contributed by atoms with E-state index < -0.39 is 10.0 Å². The lowest BCUT2D eigenvalue weighted by Gasteiger charge is -2.08. The van der Waals surface area contributed by atoms with Crippen molar-refractivity contribution in [2.24, 2.45) is 0 Å². The maximum Gasteiger partial charge on any atom is 0.261 e. The zero-order valence-corrected chi connectivity index (χ0v) is 10.7. The zero-order chi connectivity index (χ0) is 13.2. The molecule has 1 heterocycles. The van der Waals surface area contributed by atoms with Crippen molar-refractivity contribution in [3.63, 3.8) is 0 Å². The molecule has 0 fully saturated rings. The quantitative estimate of drug-likeness (QED) is 0.667. The van der Waals surface area contributed by atoms with Crippen molar-refractivity contribution in [1.82, 2.24) is 4.98 Å². The minimum atomic E-state index is -3.68. The first-order chi connectivity index (χ1) is 8.49. The van der Waals surface area contributed by atoms with E-state index in [2.05, 4.69) is 9.71 Å². The zero-order valence-electron chi connectivity index (χ0n) is 9.17. The molecule has 0 amide bonds. The molecule has 0 aliphatic carbocycles. The van der Waals surface area contributed by atoms with Crippen LogP contribution in [0.5, 0.6) is 0 Å². The number of benzene rings is 1. The van der Waals surface area contributed by atoms with Crippen LogP contribution in [0.15, 0.2) is 47.5 Å². The fourth-order valence-corrected chi connectivity index (χ4v) is 2.60. The summed E-state index contributed by atoms with van der Waals surface area (Å²) in [4.78, 5) is 3.90. The van der Waals surface area contributed by atoms with E-state index in [0.717, 1.165) is 0 Å². The molecule has 94 valence electrons. The number of anilines is 2. The molecule has 1 aromatic heterocycles. The van der Waals surface area contributed by atoms with E-state index in [1.807, 2.05) is 0 Å². The van der Waals surface area contributed by atoms with Crippen molar-refractivity contribution >= 4 is 33.0 Å². The van der Waals surface area contributed by atoms with Crippen molar-refractivity contribution in [1.29, 1.82) is 0 Å². The van der Waals surface area contributed by atoms with Crippen molar-refractivity contribution in [3.8, 4) is 0 Å². The van der Waals surface area contributed by atoms with Gasteiger partial charge in [0.1, 0.15) is 0 Å². The molecule has 18 heavy (non-hydrogen) atoms. The summed E-state index contributed by atoms with van der Waals surface area (Å²) in [5, 5.41) is 0.0940. The Labute approximate surface area is 110 Å². The molecule has 0 spiro atoms. The monoisotopic (exact) mass is 283 g/mol. The maximum atomic E-state index is 12.0. The van der Waals surface area contributed by atoms with Gasteiger partial charge >= 0.3 is 0 Å². The molecule has 0 atom stereocenters. The van der Waals surface area contributed by atoms with Gasteiger partial charge in [-0.2, -0.15) is 0 Å². The van der Waals surface area contributed by atoms with Crippen LogP contribution in [0.3, 0.4) is 0 Å². The van der Waals surface area contributed by atoms with Crippen molar-refractivity contribution in [3.05, 3.63) is 47.7 Å². The summed E-state index contributed by atoms with van der Waals surface area (Å²) in [7, 11) is -3.68. The van der Waals surface area contributed by atoms with Gasteiger partial charge in [-0.25, -0.2) is 13.4 Å². The molecule has 7 heteroatoms. The van der Waals surface area contributed by atoms with Gasteiger partial charge in [-0.15, -0.1) is 0 Å². The maximum absolute atomic E-state index is 12.0. The molecule has 0 saturated heterocycles. The molecule has 0 aliphatic rings. The van der Waals surface area contributed by atoms with Gasteiger partial charge in [0.25, 0.3) is 10.0 Å². The Morgan fingerprint density at radius 2 is 1.83 bits per heavy atom. The molecule has 2 rings (SSSR count). The minimum absolute atomic E-state index is 0.0940. The summed E-state index contributed by atoms with van der Waals surface area (Å²) in [5.41, 5.74) is 6.23. The highest BCUT2D eigenvalue weighted by molar-refractivity contribution is 7.92. The molecule has 2 aromatic rings. The Balaban J connectivity index is 2.33. The SMILES string of the molecule is Nc1ccc(S(=O)(=O)Nc2cccnc2Cl)cc1. The second-order valence-electron chi connectivity index (χ2n) is 3.52. The van der Waals surface area contributed by atoms with Crippen molar-refractivity contribution < 1.29 is 8.42 Å². The third-order valence-electron chi connectivity index (χ3n) is 2.19. The molecule has 5 nitrogen and oxygen atoms in total. The lowest BCUT2D eigenvalue weighted by molar-refractivity contribution is 0.601. The smallest absolute Gasteiger partial charge is 0.261 e. The van der Waals surface area contributed by atoms with Gasteiger partial charge in [0.05, 0.1) is 10.6 Å². The first-order valence-electron chi connectivity index (χ1n) is 4.98. The summed E-state index contributed by atoms with van der Waals surface area (Å²) in [6, 6.07) is 8.99. The highest BCUT2D eigenvalue weighted by Gasteiger charge is 2.15. The summed E-state index contributed by atoms with van der Waals surface area (Å²) in [6.45, 7) is 0. The second-order valence-corrected chi connectivity index (χ2v) is 5.56. The van der Waals surface area contributed by atoms with Crippen LogP contribution in [0.2, 0.25) is 5.15 Å². The topological polar surface area (TPSA) is 85.1 Å². The largest absolute Gasteiger partial charge is 0.399 e. The molecule has 0 unspecified atom stereocenters. The highest BCUT2D eigenvalue weighted by atomic mass is 35.5. The summed E-state index contributed by atoms with van der Waals surface area (Å²) < 4.78 is 26.4. The van der Waals surface area contributed by atoms with E-state index >= 15 is 0 Å². The molecule has 0 bridgehead atoms. The van der Waals surface area contributed by atoms with Gasteiger partial charge in [-0.3, -0.25) is 4.72 Å². The van der Waals surface area contributed by atoms with Gasteiger partial charge in [-0.1, -0.05) is 11.6 Å². The Bertz CT molecular complexity index is 656. The first kappa shape index (κ1) is 12.7. The predicted octanol–water partition coefficient (Wildman–Crippen LogP) is 2.12. The van der Waals surface area contributed by atoms with E-state index in [9.17, 15) is 8.42 Å². The van der Waals surface area contributed by atoms with E-state index in [0.29, 0.717) is 5.69 Å². The number of aromatic nitrogens is 1. The number of hydrogen-bond acceptors (Lipinski definition) is 4. The number of halogens is 1. The Morgan fingerprint density at radius 3 is 2.44 bits per heavy atom. The predicted molar refractivity (Wildman–Crippen MR) is 70.9 cm³/mol. The lowest BCUT2D eigenvalue weighted by Crippen LogP contribution is -2.13. The molecule has 0 saturated carbocycles. The number of hydrogen-bond donors (Lipinski definition) is 2. The minimum Gasteiger partial charge on any atom is -0.399 e. The average molecular weight is 284 g/mol. The molecule has 1 aromatic carbocycles. The van der Waals surface area contributed by atoms with Crippen molar-refractivity contribution in [2.75, 3.05) is 10.5 Å². The Hall–Kier alpha value is -1.79. The second kappa shape index (κ2) is 4.83. The fraction of sp³-hybridized carbons (Fsp3) is 0. The molecule has 0 aliphatic heterocycles.